The van der Waals surface area contributed by atoms with E-state index in [9.17, 15) is 4.39 Å². The van der Waals surface area contributed by atoms with Crippen LogP contribution >= 0.6 is 0 Å². The van der Waals surface area contributed by atoms with Gasteiger partial charge in [-0.15, -0.1) is 0 Å². The lowest BCUT2D eigenvalue weighted by molar-refractivity contribution is 0.586. The van der Waals surface area contributed by atoms with Gasteiger partial charge in [0.1, 0.15) is 5.82 Å². The normalized spacial score (nSPS) is 16.4. The molecule has 0 aromatic heterocycles. The molecule has 1 saturated carbocycles. The van der Waals surface area contributed by atoms with Crippen molar-refractivity contribution < 1.29 is 4.39 Å². The van der Waals surface area contributed by atoms with E-state index in [1.54, 1.807) is 12.1 Å². The molecule has 1 aromatic carbocycles. The van der Waals surface area contributed by atoms with Gasteiger partial charge in [0.2, 0.25) is 0 Å². The number of rotatable bonds is 5. The molecule has 0 atom stereocenters. The van der Waals surface area contributed by atoms with Crippen LogP contribution in [0.3, 0.4) is 0 Å². The number of hydrogen-bond acceptors (Lipinski definition) is 2. The molecule has 1 fully saturated rings. The molecule has 0 heterocycles. The molecule has 0 amide bonds. The summed E-state index contributed by atoms with van der Waals surface area (Å²) in [5, 5.41) is 0. The highest BCUT2D eigenvalue weighted by atomic mass is 19.1. The Morgan fingerprint density at radius 3 is 2.71 bits per heavy atom. The maximum Gasteiger partial charge on any atom is 0.125 e. The van der Waals surface area contributed by atoms with Crippen LogP contribution < -0.4 is 10.6 Å². The molecular formula is C14H21FN2. The minimum Gasteiger partial charge on any atom is -0.368 e. The first-order valence-corrected chi connectivity index (χ1v) is 6.53. The van der Waals surface area contributed by atoms with Crippen LogP contribution in [0.15, 0.2) is 24.3 Å². The Morgan fingerprint density at radius 2 is 2.06 bits per heavy atom. The van der Waals surface area contributed by atoms with Gasteiger partial charge in [0, 0.05) is 18.3 Å². The number of nitrogens with zero attached hydrogens (tertiary/aromatic N) is 1. The van der Waals surface area contributed by atoms with E-state index in [4.69, 9.17) is 5.73 Å². The first-order valence-electron chi connectivity index (χ1n) is 6.53. The minimum absolute atomic E-state index is 0.154. The van der Waals surface area contributed by atoms with Gasteiger partial charge in [0.25, 0.3) is 0 Å². The van der Waals surface area contributed by atoms with Gasteiger partial charge in [-0.05, 0) is 44.0 Å². The Bertz CT molecular complexity index is 348. The molecule has 17 heavy (non-hydrogen) atoms. The molecule has 1 aliphatic carbocycles. The van der Waals surface area contributed by atoms with Crippen molar-refractivity contribution in [3.63, 3.8) is 0 Å². The largest absolute Gasteiger partial charge is 0.368 e. The van der Waals surface area contributed by atoms with Gasteiger partial charge in [0.15, 0.2) is 0 Å². The van der Waals surface area contributed by atoms with E-state index < -0.39 is 0 Å². The number of anilines is 1. The molecule has 2 rings (SSSR count). The summed E-state index contributed by atoms with van der Waals surface area (Å²) >= 11 is 0. The molecular weight excluding hydrogens is 215 g/mol. The topological polar surface area (TPSA) is 29.3 Å². The summed E-state index contributed by atoms with van der Waals surface area (Å²) in [6.07, 6.45) is 5.99. The Balaban J connectivity index is 2.13. The second kappa shape index (κ2) is 6.01. The summed E-state index contributed by atoms with van der Waals surface area (Å²) in [5.74, 6) is -0.154. The van der Waals surface area contributed by atoms with Crippen molar-refractivity contribution in [2.24, 2.45) is 5.73 Å². The van der Waals surface area contributed by atoms with Crippen LogP contribution in [-0.4, -0.2) is 19.1 Å². The van der Waals surface area contributed by atoms with Gasteiger partial charge in [-0.3, -0.25) is 0 Å². The van der Waals surface area contributed by atoms with Crippen molar-refractivity contribution in [3.05, 3.63) is 30.1 Å². The van der Waals surface area contributed by atoms with Crippen molar-refractivity contribution in [1.82, 2.24) is 0 Å². The van der Waals surface area contributed by atoms with Crippen molar-refractivity contribution in [2.75, 3.05) is 18.0 Å². The van der Waals surface area contributed by atoms with Crippen LogP contribution in [0.4, 0.5) is 10.1 Å². The molecule has 1 aliphatic rings. The van der Waals surface area contributed by atoms with Crippen LogP contribution in [0.1, 0.15) is 32.1 Å². The molecule has 94 valence electrons. The lowest BCUT2D eigenvalue weighted by Crippen LogP contribution is -2.35. The summed E-state index contributed by atoms with van der Waals surface area (Å²) in [4.78, 5) is 2.34. The summed E-state index contributed by atoms with van der Waals surface area (Å²) in [6.45, 7) is 1.63. The third kappa shape index (κ3) is 3.19. The number of nitrogens with two attached hydrogens (primary N) is 1. The van der Waals surface area contributed by atoms with Crippen molar-refractivity contribution in [1.29, 1.82) is 0 Å². The highest BCUT2D eigenvalue weighted by Crippen LogP contribution is 2.28. The Labute approximate surface area is 103 Å². The molecule has 0 spiro atoms. The Hall–Kier alpha value is -1.09. The molecule has 0 saturated heterocycles. The fraction of sp³-hybridized carbons (Fsp3) is 0.571. The predicted molar refractivity (Wildman–Crippen MR) is 69.7 cm³/mol. The molecule has 0 radical (unpaired) electrons. The van der Waals surface area contributed by atoms with Gasteiger partial charge >= 0.3 is 0 Å². The third-order valence-electron chi connectivity index (χ3n) is 3.51. The number of halogens is 1. The third-order valence-corrected chi connectivity index (χ3v) is 3.51. The van der Waals surface area contributed by atoms with E-state index in [0.717, 1.165) is 18.7 Å². The van der Waals surface area contributed by atoms with Gasteiger partial charge in [0.05, 0.1) is 0 Å². The number of hydrogen-bond donors (Lipinski definition) is 1. The molecule has 3 heteroatoms. The van der Waals surface area contributed by atoms with Gasteiger partial charge in [-0.2, -0.15) is 0 Å². The summed E-state index contributed by atoms with van der Waals surface area (Å²) in [6, 6.07) is 7.49. The van der Waals surface area contributed by atoms with E-state index in [-0.39, 0.29) is 5.82 Å². The van der Waals surface area contributed by atoms with Crippen LogP contribution in [0, 0.1) is 5.82 Å². The van der Waals surface area contributed by atoms with E-state index in [1.165, 1.54) is 31.7 Å². The van der Waals surface area contributed by atoms with Crippen LogP contribution in [0.2, 0.25) is 0 Å². The zero-order valence-corrected chi connectivity index (χ0v) is 10.2. The standard InChI is InChI=1S/C14H21FN2/c15-12-5-3-8-14(11-12)17(10-4-9-16)13-6-1-2-7-13/h3,5,8,11,13H,1-2,4,6-7,9-10,16H2. The summed E-state index contributed by atoms with van der Waals surface area (Å²) < 4.78 is 13.3. The highest BCUT2D eigenvalue weighted by molar-refractivity contribution is 5.47. The smallest absolute Gasteiger partial charge is 0.125 e. The second-order valence-electron chi connectivity index (χ2n) is 4.75. The lowest BCUT2D eigenvalue weighted by atomic mass is 10.1. The maximum atomic E-state index is 13.3. The van der Waals surface area contributed by atoms with Crippen molar-refractivity contribution >= 4 is 5.69 Å². The van der Waals surface area contributed by atoms with Gasteiger partial charge in [-0.25, -0.2) is 4.39 Å². The van der Waals surface area contributed by atoms with E-state index >= 15 is 0 Å². The summed E-state index contributed by atoms with van der Waals surface area (Å²) in [5.41, 5.74) is 6.59. The minimum atomic E-state index is -0.154. The molecule has 2 N–H and O–H groups in total. The van der Waals surface area contributed by atoms with Gasteiger partial charge in [-0.1, -0.05) is 18.9 Å². The first-order chi connectivity index (χ1) is 8.31. The average molecular weight is 236 g/mol. The lowest BCUT2D eigenvalue weighted by Gasteiger charge is -2.31. The van der Waals surface area contributed by atoms with Crippen molar-refractivity contribution in [2.45, 2.75) is 38.1 Å². The van der Waals surface area contributed by atoms with Crippen LogP contribution in [-0.2, 0) is 0 Å². The zero-order chi connectivity index (χ0) is 12.1. The maximum absolute atomic E-state index is 13.3. The van der Waals surface area contributed by atoms with Crippen molar-refractivity contribution in [3.8, 4) is 0 Å². The van der Waals surface area contributed by atoms with Crippen LogP contribution in [0.25, 0.3) is 0 Å². The second-order valence-corrected chi connectivity index (χ2v) is 4.75. The molecule has 1 aromatic rings. The Morgan fingerprint density at radius 1 is 1.29 bits per heavy atom. The predicted octanol–water partition coefficient (Wildman–Crippen LogP) is 2.92. The molecule has 0 aliphatic heterocycles. The van der Waals surface area contributed by atoms with E-state index in [1.807, 2.05) is 6.07 Å². The zero-order valence-electron chi connectivity index (χ0n) is 10.2. The van der Waals surface area contributed by atoms with Crippen LogP contribution in [0.5, 0.6) is 0 Å². The number of benzene rings is 1. The Kier molecular flexibility index (Phi) is 4.37. The fourth-order valence-electron chi connectivity index (χ4n) is 2.65. The van der Waals surface area contributed by atoms with Gasteiger partial charge < -0.3 is 10.6 Å². The summed E-state index contributed by atoms with van der Waals surface area (Å²) in [7, 11) is 0. The first kappa shape index (κ1) is 12.4. The fourth-order valence-corrected chi connectivity index (χ4v) is 2.65. The molecule has 0 unspecified atom stereocenters. The highest BCUT2D eigenvalue weighted by Gasteiger charge is 2.22. The molecule has 2 nitrogen and oxygen atoms in total. The monoisotopic (exact) mass is 236 g/mol. The van der Waals surface area contributed by atoms with E-state index in [2.05, 4.69) is 4.90 Å². The average Bonchev–Trinajstić information content (AvgIpc) is 2.83. The van der Waals surface area contributed by atoms with E-state index in [0.29, 0.717) is 12.6 Å². The molecule has 0 bridgehead atoms. The SMILES string of the molecule is NCCCN(c1cccc(F)c1)C1CCCC1. The quantitative estimate of drug-likeness (QED) is 0.851.